The van der Waals surface area contributed by atoms with Crippen molar-refractivity contribution in [1.29, 1.82) is 0 Å². The van der Waals surface area contributed by atoms with Crippen molar-refractivity contribution in [2.45, 2.75) is 57.3 Å². The molecule has 4 nitrogen and oxygen atoms in total. The molecule has 1 aromatic rings. The predicted molar refractivity (Wildman–Crippen MR) is 82.2 cm³/mol. The van der Waals surface area contributed by atoms with E-state index in [1.807, 2.05) is 0 Å². The van der Waals surface area contributed by atoms with Crippen LogP contribution in [0.5, 0.6) is 5.75 Å². The second kappa shape index (κ2) is 7.25. The molecule has 126 valence electrons. The Kier molecular flexibility index (Phi) is 5.10. The minimum absolute atomic E-state index is 0.0249. The van der Waals surface area contributed by atoms with Gasteiger partial charge in [0, 0.05) is 30.6 Å². The number of carbonyl (C=O) groups is 1. The van der Waals surface area contributed by atoms with Crippen molar-refractivity contribution in [2.24, 2.45) is 5.92 Å². The molecule has 2 bridgehead atoms. The lowest BCUT2D eigenvalue weighted by molar-refractivity contribution is -0.122. The number of benzene rings is 1. The van der Waals surface area contributed by atoms with E-state index in [1.54, 1.807) is 18.2 Å². The van der Waals surface area contributed by atoms with Crippen LogP contribution in [0, 0.1) is 5.92 Å². The number of piperidine rings is 1. The van der Waals surface area contributed by atoms with Crippen LogP contribution < -0.4 is 15.4 Å². The molecule has 2 heterocycles. The molecule has 0 saturated carbocycles. The quantitative estimate of drug-likeness (QED) is 0.846. The molecule has 2 saturated heterocycles. The topological polar surface area (TPSA) is 50.4 Å². The summed E-state index contributed by atoms with van der Waals surface area (Å²) in [6.07, 6.45) is 5.03. The van der Waals surface area contributed by atoms with Crippen LogP contribution in [0.15, 0.2) is 24.3 Å². The fraction of sp³-hybridized carbons (Fsp3) is 0.588. The molecule has 0 aliphatic carbocycles. The van der Waals surface area contributed by atoms with Gasteiger partial charge in [-0.2, -0.15) is 8.78 Å². The first-order valence-electron chi connectivity index (χ1n) is 8.15. The van der Waals surface area contributed by atoms with Crippen LogP contribution >= 0.6 is 0 Å². The number of fused-ring (bicyclic) bond motifs is 2. The number of rotatable bonds is 6. The van der Waals surface area contributed by atoms with Crippen LogP contribution in [0.2, 0.25) is 0 Å². The first-order chi connectivity index (χ1) is 11.1. The van der Waals surface area contributed by atoms with Crippen LogP contribution in [0.25, 0.3) is 0 Å². The molecule has 0 aromatic heterocycles. The van der Waals surface area contributed by atoms with Crippen molar-refractivity contribution >= 4 is 5.91 Å². The third-order valence-electron chi connectivity index (χ3n) is 4.71. The minimum atomic E-state index is -2.86. The predicted octanol–water partition coefficient (Wildman–Crippen LogP) is 2.82. The molecule has 1 aromatic carbocycles. The Labute approximate surface area is 134 Å². The maximum atomic E-state index is 12.4. The van der Waals surface area contributed by atoms with Crippen LogP contribution in [0.3, 0.4) is 0 Å². The number of halogens is 2. The summed E-state index contributed by atoms with van der Waals surface area (Å²) in [6.45, 7) is -2.66. The smallest absolute Gasteiger partial charge is 0.387 e. The number of hydrogen-bond donors (Lipinski definition) is 2. The van der Waals surface area contributed by atoms with Crippen LogP contribution in [-0.2, 0) is 11.3 Å². The molecule has 0 radical (unpaired) electrons. The van der Waals surface area contributed by atoms with Gasteiger partial charge in [-0.3, -0.25) is 4.79 Å². The van der Waals surface area contributed by atoms with Gasteiger partial charge in [0.2, 0.25) is 5.91 Å². The van der Waals surface area contributed by atoms with Crippen molar-refractivity contribution in [3.05, 3.63) is 29.8 Å². The van der Waals surface area contributed by atoms with Crippen LogP contribution in [0.1, 0.15) is 37.7 Å². The highest BCUT2D eigenvalue weighted by molar-refractivity contribution is 5.76. The van der Waals surface area contributed by atoms with Gasteiger partial charge in [-0.15, -0.1) is 0 Å². The van der Waals surface area contributed by atoms with E-state index in [2.05, 4.69) is 15.4 Å². The van der Waals surface area contributed by atoms with E-state index in [0.29, 0.717) is 30.0 Å². The molecule has 1 amide bonds. The number of hydrogen-bond acceptors (Lipinski definition) is 3. The molecule has 2 aliphatic heterocycles. The Morgan fingerprint density at radius 3 is 2.65 bits per heavy atom. The van der Waals surface area contributed by atoms with Crippen molar-refractivity contribution in [3.63, 3.8) is 0 Å². The molecule has 6 heteroatoms. The number of ether oxygens (including phenoxy) is 1. The summed E-state index contributed by atoms with van der Waals surface area (Å²) in [5, 5.41) is 6.38. The highest BCUT2D eigenvalue weighted by atomic mass is 19.3. The Bertz CT molecular complexity index is 541. The lowest BCUT2D eigenvalue weighted by Crippen LogP contribution is -2.39. The SMILES string of the molecule is O=C(CC1CC2CCC(C1)N2)NCc1ccccc1OC(F)F. The van der Waals surface area contributed by atoms with Crippen molar-refractivity contribution in [3.8, 4) is 5.75 Å². The zero-order chi connectivity index (χ0) is 16.2. The largest absolute Gasteiger partial charge is 0.434 e. The van der Waals surface area contributed by atoms with E-state index in [1.165, 1.54) is 18.9 Å². The molecule has 2 unspecified atom stereocenters. The van der Waals surface area contributed by atoms with Gasteiger partial charge >= 0.3 is 6.61 Å². The summed E-state index contributed by atoms with van der Waals surface area (Å²) in [7, 11) is 0. The van der Waals surface area contributed by atoms with Crippen molar-refractivity contribution in [2.75, 3.05) is 0 Å². The maximum Gasteiger partial charge on any atom is 0.387 e. The molecule has 2 fully saturated rings. The van der Waals surface area contributed by atoms with E-state index in [-0.39, 0.29) is 18.2 Å². The summed E-state index contributed by atoms with van der Waals surface area (Å²) in [4.78, 5) is 12.1. The van der Waals surface area contributed by atoms with Crippen LogP contribution in [0.4, 0.5) is 8.78 Å². The van der Waals surface area contributed by atoms with Gasteiger partial charge in [-0.25, -0.2) is 0 Å². The monoisotopic (exact) mass is 324 g/mol. The summed E-state index contributed by atoms with van der Waals surface area (Å²) in [5.41, 5.74) is 0.562. The lowest BCUT2D eigenvalue weighted by atomic mass is 9.89. The van der Waals surface area contributed by atoms with E-state index in [4.69, 9.17) is 0 Å². The fourth-order valence-corrected chi connectivity index (χ4v) is 3.73. The van der Waals surface area contributed by atoms with E-state index < -0.39 is 6.61 Å². The molecule has 2 N–H and O–H groups in total. The van der Waals surface area contributed by atoms with Gasteiger partial charge in [0.25, 0.3) is 0 Å². The highest BCUT2D eigenvalue weighted by Crippen LogP contribution is 2.32. The molecule has 3 rings (SSSR count). The molecule has 2 aliphatic rings. The van der Waals surface area contributed by atoms with E-state index in [9.17, 15) is 13.6 Å². The van der Waals surface area contributed by atoms with Gasteiger partial charge in [0.15, 0.2) is 0 Å². The summed E-state index contributed by atoms with van der Waals surface area (Å²) >= 11 is 0. The standard InChI is InChI=1S/C17H22F2N2O2/c18-17(19)23-15-4-2-1-3-12(15)10-20-16(22)9-11-7-13-5-6-14(8-11)21-13/h1-4,11,13-14,17,21H,5-10H2,(H,20,22). The Morgan fingerprint density at radius 1 is 1.26 bits per heavy atom. The number of para-hydroxylation sites is 1. The molecular formula is C17H22F2N2O2. The average Bonchev–Trinajstić information content (AvgIpc) is 2.85. The second-order valence-electron chi connectivity index (χ2n) is 6.44. The zero-order valence-electron chi connectivity index (χ0n) is 12.9. The Balaban J connectivity index is 1.49. The summed E-state index contributed by atoms with van der Waals surface area (Å²) in [5.74, 6) is 0.507. The van der Waals surface area contributed by atoms with Gasteiger partial charge in [0.1, 0.15) is 5.75 Å². The fourth-order valence-electron chi connectivity index (χ4n) is 3.73. The highest BCUT2D eigenvalue weighted by Gasteiger charge is 2.34. The van der Waals surface area contributed by atoms with Crippen LogP contribution in [-0.4, -0.2) is 24.6 Å². The van der Waals surface area contributed by atoms with Gasteiger partial charge in [-0.05, 0) is 37.7 Å². The molecular weight excluding hydrogens is 302 g/mol. The Morgan fingerprint density at radius 2 is 1.96 bits per heavy atom. The third-order valence-corrected chi connectivity index (χ3v) is 4.71. The summed E-state index contributed by atoms with van der Waals surface area (Å²) in [6, 6.07) is 7.66. The molecule has 2 atom stereocenters. The molecule has 0 spiro atoms. The third kappa shape index (κ3) is 4.41. The van der Waals surface area contributed by atoms with E-state index >= 15 is 0 Å². The number of carbonyl (C=O) groups excluding carboxylic acids is 1. The van der Waals surface area contributed by atoms with E-state index in [0.717, 1.165) is 12.8 Å². The molecule has 23 heavy (non-hydrogen) atoms. The first kappa shape index (κ1) is 16.2. The maximum absolute atomic E-state index is 12.4. The van der Waals surface area contributed by atoms with Gasteiger partial charge < -0.3 is 15.4 Å². The average molecular weight is 324 g/mol. The van der Waals surface area contributed by atoms with Crippen molar-refractivity contribution < 1.29 is 18.3 Å². The number of amides is 1. The summed E-state index contributed by atoms with van der Waals surface area (Å²) < 4.78 is 29.2. The number of nitrogens with one attached hydrogen (secondary N) is 2. The van der Waals surface area contributed by atoms with Crippen molar-refractivity contribution in [1.82, 2.24) is 10.6 Å². The lowest BCUT2D eigenvalue weighted by Gasteiger charge is -2.28. The Hall–Kier alpha value is -1.69. The second-order valence-corrected chi connectivity index (χ2v) is 6.44. The minimum Gasteiger partial charge on any atom is -0.434 e. The normalized spacial score (nSPS) is 26.3. The van der Waals surface area contributed by atoms with Gasteiger partial charge in [-0.1, -0.05) is 18.2 Å². The number of alkyl halides is 2. The van der Waals surface area contributed by atoms with Gasteiger partial charge in [0.05, 0.1) is 0 Å². The first-order valence-corrected chi connectivity index (χ1v) is 8.15. The zero-order valence-corrected chi connectivity index (χ0v) is 12.9.